The van der Waals surface area contributed by atoms with Crippen molar-refractivity contribution < 1.29 is 18.0 Å². The van der Waals surface area contributed by atoms with E-state index in [4.69, 9.17) is 5.73 Å². The van der Waals surface area contributed by atoms with Gasteiger partial charge in [0.25, 0.3) is 0 Å². The van der Waals surface area contributed by atoms with Gasteiger partial charge in [0, 0.05) is 44.7 Å². The highest BCUT2D eigenvalue weighted by molar-refractivity contribution is 7.89. The highest BCUT2D eigenvalue weighted by Gasteiger charge is 2.23. The van der Waals surface area contributed by atoms with Gasteiger partial charge in [0.05, 0.1) is 4.90 Å². The van der Waals surface area contributed by atoms with Gasteiger partial charge >= 0.3 is 0 Å². The average Bonchev–Trinajstić information content (AvgIpc) is 2.61. The van der Waals surface area contributed by atoms with Gasteiger partial charge in [-0.3, -0.25) is 9.59 Å². The summed E-state index contributed by atoms with van der Waals surface area (Å²) in [6.07, 6.45) is 2.60. The molecule has 152 valence electrons. The van der Waals surface area contributed by atoms with E-state index >= 15 is 0 Å². The number of sulfonamides is 1. The van der Waals surface area contributed by atoms with Crippen LogP contribution in [0.4, 0.5) is 0 Å². The molecule has 0 radical (unpaired) electrons. The van der Waals surface area contributed by atoms with E-state index < -0.39 is 10.0 Å². The molecule has 1 aromatic rings. The van der Waals surface area contributed by atoms with Crippen LogP contribution in [0.15, 0.2) is 29.2 Å². The van der Waals surface area contributed by atoms with Gasteiger partial charge in [0.15, 0.2) is 5.78 Å². The number of carbonyl (C=O) groups excluding carboxylic acids is 2. The minimum Gasteiger partial charge on any atom is -0.341 e. The molecule has 2 rings (SSSR count). The van der Waals surface area contributed by atoms with E-state index in [-0.39, 0.29) is 41.6 Å². The molecule has 1 aliphatic heterocycles. The summed E-state index contributed by atoms with van der Waals surface area (Å²) in [6, 6.07) is 5.91. The van der Waals surface area contributed by atoms with Gasteiger partial charge in [-0.2, -0.15) is 0 Å². The number of likely N-dealkylation sites (tertiary alicyclic amines) is 1. The van der Waals surface area contributed by atoms with Crippen molar-refractivity contribution in [1.29, 1.82) is 0 Å². The molecule has 9 heteroatoms. The molecule has 0 spiro atoms. The van der Waals surface area contributed by atoms with Crippen LogP contribution in [0.1, 0.15) is 43.0 Å². The van der Waals surface area contributed by atoms with E-state index in [1.807, 2.05) is 0 Å². The summed E-state index contributed by atoms with van der Waals surface area (Å²) in [5.74, 6) is -0.0880. The third-order valence-electron chi connectivity index (χ3n) is 4.64. The van der Waals surface area contributed by atoms with Crippen molar-refractivity contribution in [2.75, 3.05) is 26.7 Å². The average molecular weight is 418 g/mol. The van der Waals surface area contributed by atoms with Crippen molar-refractivity contribution in [3.05, 3.63) is 29.8 Å². The summed E-state index contributed by atoms with van der Waals surface area (Å²) in [5, 5.41) is 0. The van der Waals surface area contributed by atoms with Gasteiger partial charge in [0.1, 0.15) is 0 Å². The number of nitrogens with two attached hydrogens (primary N) is 1. The fourth-order valence-electron chi connectivity index (χ4n) is 3.01. The van der Waals surface area contributed by atoms with E-state index in [1.165, 1.54) is 42.5 Å². The predicted molar refractivity (Wildman–Crippen MR) is 107 cm³/mol. The van der Waals surface area contributed by atoms with Crippen molar-refractivity contribution in [3.63, 3.8) is 0 Å². The lowest BCUT2D eigenvalue weighted by molar-refractivity contribution is -0.132. The quantitative estimate of drug-likeness (QED) is 0.680. The Morgan fingerprint density at radius 1 is 1.26 bits per heavy atom. The van der Waals surface area contributed by atoms with Crippen molar-refractivity contribution >= 4 is 34.1 Å². The summed E-state index contributed by atoms with van der Waals surface area (Å²) in [7, 11) is -2.14. The van der Waals surface area contributed by atoms with Gasteiger partial charge in [0.2, 0.25) is 15.9 Å². The number of nitrogens with zero attached hydrogens (tertiary/aromatic N) is 2. The Bertz CT molecular complexity index is 752. The molecule has 2 N–H and O–H groups in total. The second kappa shape index (κ2) is 10.2. The molecule has 1 saturated heterocycles. The maximum absolute atomic E-state index is 12.6. The Labute approximate surface area is 167 Å². The van der Waals surface area contributed by atoms with Crippen LogP contribution in [-0.2, 0) is 14.8 Å². The van der Waals surface area contributed by atoms with Crippen LogP contribution in [0.2, 0.25) is 0 Å². The van der Waals surface area contributed by atoms with Crippen LogP contribution >= 0.6 is 12.4 Å². The lowest BCUT2D eigenvalue weighted by Gasteiger charge is -2.31. The van der Waals surface area contributed by atoms with E-state index in [2.05, 4.69) is 0 Å². The molecular formula is C18H28ClN3O4S. The second-order valence-corrected chi connectivity index (χ2v) is 8.80. The van der Waals surface area contributed by atoms with Crippen molar-refractivity contribution in [2.24, 2.45) is 5.73 Å². The molecule has 1 unspecified atom stereocenters. The predicted octanol–water partition coefficient (Wildman–Crippen LogP) is 1.66. The van der Waals surface area contributed by atoms with Gasteiger partial charge < -0.3 is 10.6 Å². The van der Waals surface area contributed by atoms with Crippen molar-refractivity contribution in [3.8, 4) is 0 Å². The molecule has 0 bridgehead atoms. The molecule has 1 amide bonds. The van der Waals surface area contributed by atoms with E-state index in [0.29, 0.717) is 24.9 Å². The molecule has 0 aliphatic carbocycles. The normalized spacial score (nSPS) is 17.5. The van der Waals surface area contributed by atoms with Gasteiger partial charge in [-0.15, -0.1) is 12.4 Å². The number of benzene rings is 1. The van der Waals surface area contributed by atoms with Gasteiger partial charge in [-0.25, -0.2) is 12.7 Å². The largest absolute Gasteiger partial charge is 0.341 e. The number of Topliss-reactive ketones (excluding diaryl/α,β-unsaturated/α-hetero) is 1. The Hall–Kier alpha value is -1.48. The molecule has 1 aliphatic rings. The summed E-state index contributed by atoms with van der Waals surface area (Å²) in [4.78, 5) is 25.4. The molecule has 7 nitrogen and oxygen atoms in total. The molecule has 0 saturated carbocycles. The third-order valence-corrected chi connectivity index (χ3v) is 6.51. The highest BCUT2D eigenvalue weighted by Crippen LogP contribution is 2.17. The first-order valence-corrected chi connectivity index (χ1v) is 10.3. The lowest BCUT2D eigenvalue weighted by atomic mass is 10.1. The molecule has 27 heavy (non-hydrogen) atoms. The summed E-state index contributed by atoms with van der Waals surface area (Å²) in [6.45, 7) is 2.99. The maximum Gasteiger partial charge on any atom is 0.242 e. The Kier molecular flexibility index (Phi) is 8.87. The third kappa shape index (κ3) is 6.27. The lowest BCUT2D eigenvalue weighted by Crippen LogP contribution is -2.45. The number of amides is 1. The van der Waals surface area contributed by atoms with Crippen LogP contribution in [0.5, 0.6) is 0 Å². The minimum atomic E-state index is -3.64. The highest BCUT2D eigenvalue weighted by atomic mass is 35.5. The standard InChI is InChI=1S/C18H27N3O4S.ClH/c1-14(22)15-7-9-17(10-8-15)26(24,25)20(2)11-4-6-18(23)21-12-3-5-16(19)13-21;/h7-10,16H,3-6,11-13,19H2,1-2H3;1H. The Balaban J connectivity index is 0.00000364. The van der Waals surface area contributed by atoms with E-state index in [9.17, 15) is 18.0 Å². The zero-order valence-electron chi connectivity index (χ0n) is 15.8. The first kappa shape index (κ1) is 23.6. The molecule has 1 fully saturated rings. The van der Waals surface area contributed by atoms with Gasteiger partial charge in [-0.05, 0) is 38.3 Å². The zero-order valence-corrected chi connectivity index (χ0v) is 17.4. The first-order chi connectivity index (χ1) is 12.2. The number of piperidine rings is 1. The molecular weight excluding hydrogens is 390 g/mol. The molecule has 1 aromatic carbocycles. The van der Waals surface area contributed by atoms with Crippen LogP contribution in [0, 0.1) is 0 Å². The van der Waals surface area contributed by atoms with Crippen LogP contribution in [0.25, 0.3) is 0 Å². The van der Waals surface area contributed by atoms with Crippen LogP contribution < -0.4 is 5.73 Å². The Morgan fingerprint density at radius 3 is 2.44 bits per heavy atom. The smallest absolute Gasteiger partial charge is 0.242 e. The van der Waals surface area contributed by atoms with Crippen molar-refractivity contribution in [2.45, 2.75) is 43.5 Å². The minimum absolute atomic E-state index is 0. The second-order valence-electron chi connectivity index (χ2n) is 6.75. The maximum atomic E-state index is 12.6. The van der Waals surface area contributed by atoms with Gasteiger partial charge in [-0.1, -0.05) is 12.1 Å². The number of halogens is 1. The molecule has 1 atom stereocenters. The summed E-state index contributed by atoms with van der Waals surface area (Å²) in [5.41, 5.74) is 6.36. The monoisotopic (exact) mass is 417 g/mol. The van der Waals surface area contributed by atoms with Crippen LogP contribution in [-0.4, -0.2) is 62.0 Å². The number of ketones is 1. The summed E-state index contributed by atoms with van der Waals surface area (Å²) >= 11 is 0. The number of carbonyl (C=O) groups is 2. The van der Waals surface area contributed by atoms with E-state index in [0.717, 1.165) is 19.4 Å². The topological polar surface area (TPSA) is 101 Å². The SMILES string of the molecule is CC(=O)c1ccc(S(=O)(=O)N(C)CCCC(=O)N2CCCC(N)C2)cc1.Cl. The fourth-order valence-corrected chi connectivity index (χ4v) is 4.22. The number of rotatable bonds is 7. The zero-order chi connectivity index (χ0) is 19.3. The molecule has 0 aromatic heterocycles. The van der Waals surface area contributed by atoms with Crippen LogP contribution in [0.3, 0.4) is 0 Å². The van der Waals surface area contributed by atoms with E-state index in [1.54, 1.807) is 4.90 Å². The summed E-state index contributed by atoms with van der Waals surface area (Å²) < 4.78 is 26.4. The van der Waals surface area contributed by atoms with Crippen molar-refractivity contribution in [1.82, 2.24) is 9.21 Å². The molecule has 1 heterocycles. The number of hydrogen-bond donors (Lipinski definition) is 1. The fraction of sp³-hybridized carbons (Fsp3) is 0.556. The number of hydrogen-bond acceptors (Lipinski definition) is 5. The first-order valence-electron chi connectivity index (χ1n) is 8.82. The Morgan fingerprint density at radius 2 is 1.89 bits per heavy atom.